The molecule has 1 aromatic heterocycles. The quantitative estimate of drug-likeness (QED) is 0.790. The van der Waals surface area contributed by atoms with Gasteiger partial charge >= 0.3 is 6.18 Å². The second kappa shape index (κ2) is 7.97. The predicted octanol–water partition coefficient (Wildman–Crippen LogP) is 4.85. The molecule has 1 aromatic carbocycles. The maximum absolute atomic E-state index is 13.0. The zero-order valence-corrected chi connectivity index (χ0v) is 16.2. The molecule has 0 radical (unpaired) electrons. The van der Waals surface area contributed by atoms with Crippen LogP contribution < -0.4 is 5.73 Å². The second-order valence-electron chi connectivity index (χ2n) is 7.72. The Hall–Kier alpha value is -2.31. The maximum Gasteiger partial charge on any atom is 0.416 e. The van der Waals surface area contributed by atoms with Crippen molar-refractivity contribution in [3.8, 4) is 0 Å². The molecule has 0 saturated heterocycles. The van der Waals surface area contributed by atoms with Crippen LogP contribution in [0.3, 0.4) is 0 Å². The van der Waals surface area contributed by atoms with E-state index in [1.165, 1.54) is 11.6 Å². The fourth-order valence-electron chi connectivity index (χ4n) is 4.23. The van der Waals surface area contributed by atoms with E-state index in [2.05, 4.69) is 25.1 Å². The number of amides is 1. The Labute approximate surface area is 162 Å². The number of hydrogen-bond donors (Lipinski definition) is 1. The van der Waals surface area contributed by atoms with E-state index < -0.39 is 17.6 Å². The van der Waals surface area contributed by atoms with Gasteiger partial charge in [-0.2, -0.15) is 18.3 Å². The largest absolute Gasteiger partial charge is 0.416 e. The van der Waals surface area contributed by atoms with Crippen molar-refractivity contribution < 1.29 is 18.0 Å². The summed E-state index contributed by atoms with van der Waals surface area (Å²) < 4.78 is 40.9. The molecule has 1 amide bonds. The molecule has 2 N–H and O–H groups in total. The highest BCUT2D eigenvalue weighted by Crippen LogP contribution is 2.39. The molecule has 0 aliphatic heterocycles. The monoisotopic (exact) mass is 393 g/mol. The lowest BCUT2D eigenvalue weighted by molar-refractivity contribution is -0.137. The molecule has 0 unspecified atom stereocenters. The summed E-state index contributed by atoms with van der Waals surface area (Å²) in [6.45, 7) is 5.00. The average molecular weight is 393 g/mol. The lowest BCUT2D eigenvalue weighted by Crippen LogP contribution is -2.22. The molecular weight excluding hydrogens is 367 g/mol. The smallest absolute Gasteiger partial charge is 0.366 e. The summed E-state index contributed by atoms with van der Waals surface area (Å²) in [5, 5.41) is 4.62. The zero-order chi connectivity index (χ0) is 20.5. The van der Waals surface area contributed by atoms with Gasteiger partial charge in [-0.05, 0) is 74.1 Å². The number of aryl methyl sites for hydroxylation is 2. The second-order valence-corrected chi connectivity index (χ2v) is 7.72. The SMILES string of the molecule is CCc1nn(C[C@H]2CC[C@H](c3ccc(C(F)(F)F)cc3C(N)=O)CC2)cc1C. The Balaban J connectivity index is 1.69. The van der Waals surface area contributed by atoms with Crippen LogP contribution in [-0.4, -0.2) is 15.7 Å². The van der Waals surface area contributed by atoms with Gasteiger partial charge in [0.2, 0.25) is 5.91 Å². The van der Waals surface area contributed by atoms with Crippen LogP contribution in [0, 0.1) is 12.8 Å². The first-order valence-corrected chi connectivity index (χ1v) is 9.73. The van der Waals surface area contributed by atoms with Crippen LogP contribution in [0.1, 0.15) is 71.3 Å². The molecular formula is C21H26F3N3O. The van der Waals surface area contributed by atoms with Gasteiger partial charge in [0, 0.05) is 18.3 Å². The highest BCUT2D eigenvalue weighted by Gasteiger charge is 2.33. The Morgan fingerprint density at radius 2 is 1.93 bits per heavy atom. The molecule has 0 spiro atoms. The summed E-state index contributed by atoms with van der Waals surface area (Å²) in [5.41, 5.74) is 7.49. The summed E-state index contributed by atoms with van der Waals surface area (Å²) in [6.07, 6.45) is 2.06. The molecule has 7 heteroatoms. The number of nitrogens with two attached hydrogens (primary N) is 1. The fourth-order valence-corrected chi connectivity index (χ4v) is 4.23. The van der Waals surface area contributed by atoms with Crippen molar-refractivity contribution in [2.24, 2.45) is 11.7 Å². The highest BCUT2D eigenvalue weighted by molar-refractivity contribution is 5.94. The molecule has 2 aromatic rings. The normalized spacial score (nSPS) is 20.3. The summed E-state index contributed by atoms with van der Waals surface area (Å²) in [6, 6.07) is 3.37. The molecule has 1 aliphatic rings. The summed E-state index contributed by atoms with van der Waals surface area (Å²) in [5.74, 6) is -0.263. The number of hydrogen-bond acceptors (Lipinski definition) is 2. The minimum Gasteiger partial charge on any atom is -0.366 e. The lowest BCUT2D eigenvalue weighted by atomic mass is 9.77. The number of primary amides is 1. The van der Waals surface area contributed by atoms with Crippen molar-refractivity contribution in [1.29, 1.82) is 0 Å². The molecule has 3 rings (SSSR count). The van der Waals surface area contributed by atoms with Gasteiger partial charge in [0.25, 0.3) is 0 Å². The molecule has 0 bridgehead atoms. The molecule has 1 heterocycles. The summed E-state index contributed by atoms with van der Waals surface area (Å²) >= 11 is 0. The van der Waals surface area contributed by atoms with E-state index in [0.29, 0.717) is 11.5 Å². The van der Waals surface area contributed by atoms with Crippen LogP contribution in [0.2, 0.25) is 0 Å². The molecule has 4 nitrogen and oxygen atoms in total. The van der Waals surface area contributed by atoms with Gasteiger partial charge in [-0.3, -0.25) is 9.48 Å². The van der Waals surface area contributed by atoms with E-state index in [1.807, 2.05) is 4.68 Å². The number of carbonyl (C=O) groups is 1. The van der Waals surface area contributed by atoms with Crippen molar-refractivity contribution in [2.45, 2.75) is 64.6 Å². The van der Waals surface area contributed by atoms with Gasteiger partial charge in [0.1, 0.15) is 0 Å². The van der Waals surface area contributed by atoms with Crippen molar-refractivity contribution in [3.63, 3.8) is 0 Å². The third kappa shape index (κ3) is 4.39. The Morgan fingerprint density at radius 1 is 1.25 bits per heavy atom. The highest BCUT2D eigenvalue weighted by atomic mass is 19.4. The van der Waals surface area contributed by atoms with E-state index in [0.717, 1.165) is 56.5 Å². The van der Waals surface area contributed by atoms with Gasteiger partial charge in [-0.25, -0.2) is 0 Å². The van der Waals surface area contributed by atoms with Gasteiger partial charge in [-0.15, -0.1) is 0 Å². The number of halogens is 3. The van der Waals surface area contributed by atoms with E-state index in [-0.39, 0.29) is 11.5 Å². The minimum atomic E-state index is -4.49. The van der Waals surface area contributed by atoms with Crippen molar-refractivity contribution >= 4 is 5.91 Å². The molecule has 1 saturated carbocycles. The number of benzene rings is 1. The third-order valence-corrected chi connectivity index (χ3v) is 5.76. The van der Waals surface area contributed by atoms with Crippen LogP contribution in [0.25, 0.3) is 0 Å². The van der Waals surface area contributed by atoms with E-state index >= 15 is 0 Å². The minimum absolute atomic E-state index is 0.00596. The van der Waals surface area contributed by atoms with Gasteiger partial charge in [0.15, 0.2) is 0 Å². The molecule has 1 aliphatic carbocycles. The van der Waals surface area contributed by atoms with Gasteiger partial charge in [0.05, 0.1) is 11.3 Å². The van der Waals surface area contributed by atoms with Crippen molar-refractivity contribution in [2.75, 3.05) is 0 Å². The Bertz CT molecular complexity index is 849. The number of carbonyl (C=O) groups excluding carboxylic acids is 1. The third-order valence-electron chi connectivity index (χ3n) is 5.76. The number of rotatable bonds is 5. The lowest BCUT2D eigenvalue weighted by Gasteiger charge is -2.30. The first kappa shape index (κ1) is 20.4. The van der Waals surface area contributed by atoms with Crippen LogP contribution in [-0.2, 0) is 19.1 Å². The molecule has 28 heavy (non-hydrogen) atoms. The molecule has 0 atom stereocenters. The Kier molecular flexibility index (Phi) is 5.82. The van der Waals surface area contributed by atoms with Crippen molar-refractivity contribution in [3.05, 3.63) is 52.3 Å². The summed E-state index contributed by atoms with van der Waals surface area (Å²) in [4.78, 5) is 11.8. The van der Waals surface area contributed by atoms with Crippen LogP contribution in [0.5, 0.6) is 0 Å². The van der Waals surface area contributed by atoms with Gasteiger partial charge in [-0.1, -0.05) is 13.0 Å². The number of aromatic nitrogens is 2. The first-order valence-electron chi connectivity index (χ1n) is 9.73. The van der Waals surface area contributed by atoms with Crippen LogP contribution in [0.4, 0.5) is 13.2 Å². The number of alkyl halides is 3. The average Bonchev–Trinajstić information content (AvgIpc) is 3.00. The summed E-state index contributed by atoms with van der Waals surface area (Å²) in [7, 11) is 0. The topological polar surface area (TPSA) is 60.9 Å². The van der Waals surface area contributed by atoms with E-state index in [4.69, 9.17) is 5.73 Å². The van der Waals surface area contributed by atoms with Crippen LogP contribution >= 0.6 is 0 Å². The van der Waals surface area contributed by atoms with E-state index in [9.17, 15) is 18.0 Å². The standard InChI is InChI=1S/C21H26F3N3O/c1-3-19-13(2)11-27(26-19)12-14-4-6-15(7-5-14)17-9-8-16(21(22,23)24)10-18(17)20(25)28/h8-11,14-15H,3-7,12H2,1-2H3,(H2,25,28)/t14-,15-. The van der Waals surface area contributed by atoms with Crippen molar-refractivity contribution in [1.82, 2.24) is 9.78 Å². The first-order chi connectivity index (χ1) is 13.2. The zero-order valence-electron chi connectivity index (χ0n) is 16.2. The predicted molar refractivity (Wildman–Crippen MR) is 101 cm³/mol. The van der Waals surface area contributed by atoms with Gasteiger partial charge < -0.3 is 5.73 Å². The van der Waals surface area contributed by atoms with Crippen LogP contribution in [0.15, 0.2) is 24.4 Å². The van der Waals surface area contributed by atoms with E-state index in [1.54, 1.807) is 0 Å². The fraction of sp³-hybridized carbons (Fsp3) is 0.524. The maximum atomic E-state index is 13.0. The molecule has 152 valence electrons. The number of nitrogens with zero attached hydrogens (tertiary/aromatic N) is 2. The Morgan fingerprint density at radius 3 is 2.46 bits per heavy atom. The molecule has 1 fully saturated rings.